The van der Waals surface area contributed by atoms with Crippen LogP contribution in [-0.4, -0.2) is 22.8 Å². The quantitative estimate of drug-likeness (QED) is 0.546. The van der Waals surface area contributed by atoms with Crippen molar-refractivity contribution < 1.29 is 9.59 Å². The van der Waals surface area contributed by atoms with Gasteiger partial charge in [-0.15, -0.1) is 0 Å². The van der Waals surface area contributed by atoms with Gasteiger partial charge in [0.1, 0.15) is 11.7 Å². The molecule has 166 valence electrons. The summed E-state index contributed by atoms with van der Waals surface area (Å²) in [5.74, 6) is -0.363. The number of nitrogens with zero attached hydrogens (tertiary/aromatic N) is 1. The maximum absolute atomic E-state index is 13.8. The van der Waals surface area contributed by atoms with Crippen molar-refractivity contribution in [3.05, 3.63) is 89.2 Å². The third-order valence-electron chi connectivity index (χ3n) is 6.23. The van der Waals surface area contributed by atoms with E-state index >= 15 is 0 Å². The number of amides is 2. The van der Waals surface area contributed by atoms with Gasteiger partial charge in [-0.3, -0.25) is 14.5 Å². The van der Waals surface area contributed by atoms with E-state index in [1.165, 1.54) is 6.42 Å². The van der Waals surface area contributed by atoms with Crippen molar-refractivity contribution >= 4 is 17.5 Å². The van der Waals surface area contributed by atoms with Crippen LogP contribution in [0.2, 0.25) is 0 Å². The molecule has 1 aliphatic carbocycles. The Morgan fingerprint density at radius 3 is 2.38 bits per heavy atom. The molecule has 0 saturated heterocycles. The molecule has 1 unspecified atom stereocenters. The third kappa shape index (κ3) is 4.77. The third-order valence-corrected chi connectivity index (χ3v) is 6.23. The number of benzene rings is 2. The number of aromatic nitrogens is 1. The molecule has 1 saturated carbocycles. The normalized spacial score (nSPS) is 15.2. The topological polar surface area (TPSA) is 65.2 Å². The van der Waals surface area contributed by atoms with Crippen LogP contribution in [0.3, 0.4) is 0 Å². The molecule has 2 amide bonds. The number of hydrogen-bond acceptors (Lipinski definition) is 2. The number of hydrogen-bond donors (Lipinski definition) is 2. The Balaban J connectivity index is 1.80. The van der Waals surface area contributed by atoms with Gasteiger partial charge in [-0.1, -0.05) is 67.3 Å². The minimum Gasteiger partial charge on any atom is -0.357 e. The van der Waals surface area contributed by atoms with Crippen LogP contribution in [0.4, 0.5) is 5.69 Å². The van der Waals surface area contributed by atoms with E-state index in [1.54, 1.807) is 23.2 Å². The molecule has 1 atom stereocenters. The zero-order valence-corrected chi connectivity index (χ0v) is 18.8. The first-order chi connectivity index (χ1) is 15.5. The molecule has 0 bridgehead atoms. The first-order valence-electron chi connectivity index (χ1n) is 11.4. The molecule has 1 fully saturated rings. The van der Waals surface area contributed by atoms with Crippen molar-refractivity contribution in [2.45, 2.75) is 58.0 Å². The van der Waals surface area contributed by atoms with Gasteiger partial charge in [-0.05, 0) is 56.0 Å². The van der Waals surface area contributed by atoms with Crippen molar-refractivity contribution in [1.29, 1.82) is 0 Å². The molecule has 4 rings (SSSR count). The van der Waals surface area contributed by atoms with E-state index in [9.17, 15) is 9.59 Å². The number of carbonyl (C=O) groups is 2. The van der Waals surface area contributed by atoms with Crippen molar-refractivity contribution in [3.8, 4) is 0 Å². The van der Waals surface area contributed by atoms with Gasteiger partial charge < -0.3 is 10.3 Å². The van der Waals surface area contributed by atoms with Crippen LogP contribution >= 0.6 is 0 Å². The fourth-order valence-electron chi connectivity index (χ4n) is 4.61. The molecule has 1 aliphatic rings. The van der Waals surface area contributed by atoms with E-state index in [-0.39, 0.29) is 17.9 Å². The lowest BCUT2D eigenvalue weighted by molar-refractivity contribution is -0.123. The predicted molar refractivity (Wildman–Crippen MR) is 128 cm³/mol. The molecule has 3 aromatic rings. The van der Waals surface area contributed by atoms with Crippen molar-refractivity contribution in [2.75, 3.05) is 4.90 Å². The Morgan fingerprint density at radius 1 is 0.969 bits per heavy atom. The number of anilines is 1. The SMILES string of the molecule is Cc1ccc(N(C(=O)c2ccc[nH]2)C(C(=O)NC2CCCCC2)c2ccccc2)c(C)c1. The fourth-order valence-corrected chi connectivity index (χ4v) is 4.61. The Hall–Kier alpha value is -3.34. The van der Waals surface area contributed by atoms with Crippen LogP contribution in [0.1, 0.15) is 65.3 Å². The maximum atomic E-state index is 13.8. The van der Waals surface area contributed by atoms with Crippen LogP contribution in [0.5, 0.6) is 0 Å². The first-order valence-corrected chi connectivity index (χ1v) is 11.4. The van der Waals surface area contributed by atoms with Gasteiger partial charge in [-0.25, -0.2) is 0 Å². The van der Waals surface area contributed by atoms with Crippen LogP contribution in [-0.2, 0) is 4.79 Å². The second-order valence-electron chi connectivity index (χ2n) is 8.71. The summed E-state index contributed by atoms with van der Waals surface area (Å²) < 4.78 is 0. The number of aryl methyl sites for hydroxylation is 2. The summed E-state index contributed by atoms with van der Waals surface area (Å²) >= 11 is 0. The molecule has 0 aliphatic heterocycles. The fraction of sp³-hybridized carbons (Fsp3) is 0.333. The number of H-pyrrole nitrogens is 1. The summed E-state index contributed by atoms with van der Waals surface area (Å²) in [6.07, 6.45) is 7.18. The lowest BCUT2D eigenvalue weighted by Gasteiger charge is -2.34. The van der Waals surface area contributed by atoms with E-state index in [2.05, 4.69) is 10.3 Å². The standard InChI is InChI=1S/C27H31N3O2/c1-19-15-16-24(20(2)18-19)30(27(32)23-14-9-17-28-23)25(21-10-5-3-6-11-21)26(31)29-22-12-7-4-8-13-22/h3,5-6,9-11,14-18,22,25,28H,4,7-8,12-13H2,1-2H3,(H,29,31). The van der Waals surface area contributed by atoms with Crippen molar-refractivity contribution in [1.82, 2.24) is 10.3 Å². The summed E-state index contributed by atoms with van der Waals surface area (Å²) in [5.41, 5.74) is 4.05. The second-order valence-corrected chi connectivity index (χ2v) is 8.71. The van der Waals surface area contributed by atoms with Gasteiger partial charge in [0.05, 0.1) is 0 Å². The summed E-state index contributed by atoms with van der Waals surface area (Å²) in [7, 11) is 0. The van der Waals surface area contributed by atoms with Crippen LogP contribution in [0.25, 0.3) is 0 Å². The minimum atomic E-state index is -0.768. The van der Waals surface area contributed by atoms with Crippen LogP contribution in [0.15, 0.2) is 66.9 Å². The number of aromatic amines is 1. The molecule has 5 nitrogen and oxygen atoms in total. The zero-order chi connectivity index (χ0) is 22.5. The Kier molecular flexibility index (Phi) is 6.74. The van der Waals surface area contributed by atoms with E-state index in [1.807, 2.05) is 62.4 Å². The smallest absolute Gasteiger partial charge is 0.275 e. The molecule has 5 heteroatoms. The summed E-state index contributed by atoms with van der Waals surface area (Å²) in [5, 5.41) is 3.26. The van der Waals surface area contributed by atoms with Gasteiger partial charge in [0, 0.05) is 17.9 Å². The Morgan fingerprint density at radius 2 is 1.72 bits per heavy atom. The summed E-state index contributed by atoms with van der Waals surface area (Å²) in [6.45, 7) is 4.01. The molecule has 1 aromatic heterocycles. The predicted octanol–water partition coefficient (Wildman–Crippen LogP) is 5.47. The van der Waals surface area contributed by atoms with Crippen molar-refractivity contribution in [3.63, 3.8) is 0 Å². The highest BCUT2D eigenvalue weighted by atomic mass is 16.2. The molecular formula is C27H31N3O2. The Bertz CT molecular complexity index is 1050. The number of nitrogens with one attached hydrogen (secondary N) is 2. The van der Waals surface area contributed by atoms with E-state index in [0.29, 0.717) is 5.69 Å². The molecule has 2 N–H and O–H groups in total. The Labute approximate surface area is 189 Å². The molecule has 0 spiro atoms. The van der Waals surface area contributed by atoms with E-state index in [0.717, 1.165) is 48.1 Å². The highest BCUT2D eigenvalue weighted by Gasteiger charge is 2.35. The average Bonchev–Trinajstić information content (AvgIpc) is 3.34. The second kappa shape index (κ2) is 9.86. The number of rotatable bonds is 6. The summed E-state index contributed by atoms with van der Waals surface area (Å²) in [6, 6.07) is 18.5. The van der Waals surface area contributed by atoms with Crippen molar-refractivity contribution in [2.24, 2.45) is 0 Å². The molecule has 1 heterocycles. The minimum absolute atomic E-state index is 0.136. The zero-order valence-electron chi connectivity index (χ0n) is 18.8. The molecule has 2 aromatic carbocycles. The first kappa shape index (κ1) is 21.9. The van der Waals surface area contributed by atoms with Gasteiger partial charge in [0.2, 0.25) is 5.91 Å². The maximum Gasteiger partial charge on any atom is 0.275 e. The van der Waals surface area contributed by atoms with Gasteiger partial charge >= 0.3 is 0 Å². The average molecular weight is 430 g/mol. The highest BCUT2D eigenvalue weighted by Crippen LogP contribution is 2.33. The van der Waals surface area contributed by atoms with Crippen LogP contribution in [0, 0.1) is 13.8 Å². The largest absolute Gasteiger partial charge is 0.357 e. The van der Waals surface area contributed by atoms with E-state index < -0.39 is 6.04 Å². The lowest BCUT2D eigenvalue weighted by Crippen LogP contribution is -2.47. The van der Waals surface area contributed by atoms with Crippen LogP contribution < -0.4 is 10.2 Å². The monoisotopic (exact) mass is 429 g/mol. The van der Waals surface area contributed by atoms with E-state index in [4.69, 9.17) is 0 Å². The van der Waals surface area contributed by atoms with Gasteiger partial charge in [0.25, 0.3) is 5.91 Å². The van der Waals surface area contributed by atoms with Gasteiger partial charge in [0.15, 0.2) is 0 Å². The number of carbonyl (C=O) groups excluding carboxylic acids is 2. The summed E-state index contributed by atoms with van der Waals surface area (Å²) in [4.78, 5) is 32.2. The molecule has 0 radical (unpaired) electrons. The molecule has 32 heavy (non-hydrogen) atoms. The van der Waals surface area contributed by atoms with Gasteiger partial charge in [-0.2, -0.15) is 0 Å². The molecular weight excluding hydrogens is 398 g/mol. The highest BCUT2D eigenvalue weighted by molar-refractivity contribution is 6.09. The lowest BCUT2D eigenvalue weighted by atomic mass is 9.94.